The van der Waals surface area contributed by atoms with Gasteiger partial charge >= 0.3 is 11.9 Å². The molecule has 0 saturated carbocycles. The minimum absolute atomic E-state index is 0.218. The first-order valence-electron chi connectivity index (χ1n) is 9.77. The third-order valence-corrected chi connectivity index (χ3v) is 4.08. The van der Waals surface area contributed by atoms with Gasteiger partial charge in [0.2, 0.25) is 0 Å². The highest BCUT2D eigenvalue weighted by Crippen LogP contribution is 2.10. The number of ether oxygens (including phenoxy) is 2. The molecule has 0 saturated heterocycles. The van der Waals surface area contributed by atoms with Gasteiger partial charge in [0.05, 0.1) is 19.6 Å². The minimum Gasteiger partial charge on any atom is -0.466 e. The van der Waals surface area contributed by atoms with Crippen LogP contribution >= 0.6 is 0 Å². The molecule has 1 atom stereocenters. The molecule has 0 aliphatic carbocycles. The smallest absolute Gasteiger partial charge is 0.364 e. The lowest BCUT2D eigenvalue weighted by Gasteiger charge is -2.09. The molecule has 0 heterocycles. The molecule has 0 rings (SSSR count). The second-order valence-corrected chi connectivity index (χ2v) is 6.39. The maximum absolute atomic E-state index is 11.7. The minimum atomic E-state index is -0.488. The molecular weight excluding hydrogens is 306 g/mol. The number of carbonyl (C=O) groups is 2. The van der Waals surface area contributed by atoms with E-state index >= 15 is 0 Å². The van der Waals surface area contributed by atoms with Crippen LogP contribution in [0.2, 0.25) is 0 Å². The van der Waals surface area contributed by atoms with E-state index in [1.807, 2.05) is 0 Å². The first-order valence-corrected chi connectivity index (χ1v) is 9.77. The zero-order valence-electron chi connectivity index (χ0n) is 15.8. The summed E-state index contributed by atoms with van der Waals surface area (Å²) in [6.45, 7) is 4.83. The van der Waals surface area contributed by atoms with Crippen LogP contribution in [0.3, 0.4) is 0 Å². The summed E-state index contributed by atoms with van der Waals surface area (Å²) in [6.07, 6.45) is 13.2. The van der Waals surface area contributed by atoms with Crippen molar-refractivity contribution in [2.24, 2.45) is 0 Å². The van der Waals surface area contributed by atoms with Crippen molar-refractivity contribution in [2.75, 3.05) is 13.2 Å². The van der Waals surface area contributed by atoms with Gasteiger partial charge < -0.3 is 15.2 Å². The molecule has 3 N–H and O–H groups in total. The van der Waals surface area contributed by atoms with E-state index in [-0.39, 0.29) is 18.4 Å². The summed E-state index contributed by atoms with van der Waals surface area (Å²) in [7, 11) is 0. The Hall–Kier alpha value is -1.10. The Morgan fingerprint density at radius 3 is 1.92 bits per heavy atom. The highest BCUT2D eigenvalue weighted by Gasteiger charge is 2.20. The van der Waals surface area contributed by atoms with Crippen LogP contribution in [0, 0.1) is 0 Å². The second-order valence-electron chi connectivity index (χ2n) is 6.39. The molecule has 0 fully saturated rings. The van der Waals surface area contributed by atoms with E-state index in [0.717, 1.165) is 12.8 Å². The zero-order chi connectivity index (χ0) is 18.0. The Morgan fingerprint density at radius 2 is 1.38 bits per heavy atom. The molecule has 0 aromatic heterocycles. The van der Waals surface area contributed by atoms with Gasteiger partial charge in [0.1, 0.15) is 0 Å². The summed E-state index contributed by atoms with van der Waals surface area (Å²) in [6, 6.07) is -0.488. The Balaban J connectivity index is 3.40. The lowest BCUT2D eigenvalue weighted by atomic mass is 10.1. The van der Waals surface area contributed by atoms with Crippen LogP contribution in [-0.4, -0.2) is 31.2 Å². The number of rotatable bonds is 16. The van der Waals surface area contributed by atoms with E-state index < -0.39 is 6.04 Å². The highest BCUT2D eigenvalue weighted by molar-refractivity contribution is 5.75. The largest absolute Gasteiger partial charge is 0.466 e. The maximum Gasteiger partial charge on any atom is 0.364 e. The lowest BCUT2D eigenvalue weighted by molar-refractivity contribution is -0.409. The van der Waals surface area contributed by atoms with Crippen molar-refractivity contribution in [3.05, 3.63) is 0 Å². The normalized spacial score (nSPS) is 12.0. The highest BCUT2D eigenvalue weighted by atomic mass is 16.5. The van der Waals surface area contributed by atoms with E-state index in [9.17, 15) is 9.59 Å². The topological polar surface area (TPSA) is 80.2 Å². The van der Waals surface area contributed by atoms with E-state index in [2.05, 4.69) is 12.7 Å². The van der Waals surface area contributed by atoms with Gasteiger partial charge in [-0.15, -0.1) is 0 Å². The van der Waals surface area contributed by atoms with Crippen molar-refractivity contribution in [1.82, 2.24) is 0 Å². The SMILES string of the molecule is CCCCCCCCCCCCOC(=O)C([NH3+])CCC(=O)OCC. The van der Waals surface area contributed by atoms with Crippen LogP contribution < -0.4 is 5.73 Å². The summed E-state index contributed by atoms with van der Waals surface area (Å²) in [5.74, 6) is -0.594. The molecule has 0 aromatic rings. The van der Waals surface area contributed by atoms with Crippen molar-refractivity contribution in [2.45, 2.75) is 96.9 Å². The lowest BCUT2D eigenvalue weighted by Crippen LogP contribution is -2.65. The van der Waals surface area contributed by atoms with E-state index in [1.54, 1.807) is 6.92 Å². The molecule has 5 heteroatoms. The first-order chi connectivity index (χ1) is 11.6. The van der Waals surface area contributed by atoms with Crippen LogP contribution in [0.4, 0.5) is 0 Å². The molecule has 0 aliphatic heterocycles. The average molecular weight is 345 g/mol. The van der Waals surface area contributed by atoms with Crippen LogP contribution in [0.15, 0.2) is 0 Å². The van der Waals surface area contributed by atoms with E-state index in [1.165, 1.54) is 51.4 Å². The quantitative estimate of drug-likeness (QED) is 0.344. The number of quaternary nitrogens is 1. The van der Waals surface area contributed by atoms with Crippen molar-refractivity contribution >= 4 is 11.9 Å². The molecule has 0 aromatic carbocycles. The van der Waals surface area contributed by atoms with Gasteiger partial charge in [-0.05, 0) is 13.3 Å². The summed E-state index contributed by atoms with van der Waals surface area (Å²) in [5.41, 5.74) is 3.76. The Labute approximate surface area is 147 Å². The summed E-state index contributed by atoms with van der Waals surface area (Å²) in [4.78, 5) is 23.0. The molecule has 0 bridgehead atoms. The monoisotopic (exact) mass is 344 g/mol. The van der Waals surface area contributed by atoms with Crippen molar-refractivity contribution in [3.63, 3.8) is 0 Å². The number of carbonyl (C=O) groups excluding carboxylic acids is 2. The number of esters is 2. The number of hydrogen-bond donors (Lipinski definition) is 1. The Bertz CT molecular complexity index is 320. The fourth-order valence-electron chi connectivity index (χ4n) is 2.52. The molecule has 142 valence electrons. The number of hydrogen-bond acceptors (Lipinski definition) is 4. The Morgan fingerprint density at radius 1 is 0.833 bits per heavy atom. The van der Waals surface area contributed by atoms with E-state index in [0.29, 0.717) is 19.6 Å². The van der Waals surface area contributed by atoms with Gasteiger partial charge in [-0.1, -0.05) is 64.7 Å². The molecule has 0 aliphatic rings. The molecule has 0 radical (unpaired) electrons. The van der Waals surface area contributed by atoms with Crippen LogP contribution in [0.5, 0.6) is 0 Å². The van der Waals surface area contributed by atoms with Gasteiger partial charge in [0, 0.05) is 6.42 Å². The third kappa shape index (κ3) is 14.5. The number of unbranched alkanes of at least 4 members (excludes halogenated alkanes) is 9. The molecule has 0 spiro atoms. The van der Waals surface area contributed by atoms with Crippen molar-refractivity contribution in [3.8, 4) is 0 Å². The second kappa shape index (κ2) is 16.7. The van der Waals surface area contributed by atoms with Crippen molar-refractivity contribution < 1.29 is 24.8 Å². The Kier molecular flexibility index (Phi) is 16.0. The summed E-state index contributed by atoms with van der Waals surface area (Å²) >= 11 is 0. The molecular formula is C19H38NO4+. The predicted molar refractivity (Wildman–Crippen MR) is 95.3 cm³/mol. The first kappa shape index (κ1) is 22.9. The van der Waals surface area contributed by atoms with E-state index in [4.69, 9.17) is 9.47 Å². The van der Waals surface area contributed by atoms with Gasteiger partial charge in [-0.25, -0.2) is 4.79 Å². The maximum atomic E-state index is 11.7. The fraction of sp³-hybridized carbons (Fsp3) is 0.895. The van der Waals surface area contributed by atoms with Gasteiger partial charge in [0.15, 0.2) is 6.04 Å². The third-order valence-electron chi connectivity index (χ3n) is 4.08. The van der Waals surface area contributed by atoms with Crippen LogP contribution in [0.1, 0.15) is 90.9 Å². The molecule has 0 amide bonds. The summed E-state index contributed by atoms with van der Waals surface area (Å²) < 4.78 is 10.0. The molecule has 5 nitrogen and oxygen atoms in total. The van der Waals surface area contributed by atoms with Crippen molar-refractivity contribution in [1.29, 1.82) is 0 Å². The average Bonchev–Trinajstić information content (AvgIpc) is 2.57. The van der Waals surface area contributed by atoms with Gasteiger partial charge in [-0.3, -0.25) is 4.79 Å². The standard InChI is InChI=1S/C19H37NO4/c1-3-5-6-7-8-9-10-11-12-13-16-24-19(22)17(20)14-15-18(21)23-4-2/h17H,3-16,20H2,1-2H3/p+1. The van der Waals surface area contributed by atoms with Gasteiger partial charge in [-0.2, -0.15) is 0 Å². The fourth-order valence-corrected chi connectivity index (χ4v) is 2.52. The van der Waals surface area contributed by atoms with Gasteiger partial charge in [0.25, 0.3) is 0 Å². The molecule has 1 unspecified atom stereocenters. The van der Waals surface area contributed by atoms with Crippen LogP contribution in [-0.2, 0) is 19.1 Å². The zero-order valence-corrected chi connectivity index (χ0v) is 15.8. The van der Waals surface area contributed by atoms with Crippen LogP contribution in [0.25, 0.3) is 0 Å². The summed E-state index contributed by atoms with van der Waals surface area (Å²) in [5, 5.41) is 0. The molecule has 24 heavy (non-hydrogen) atoms. The predicted octanol–water partition coefficient (Wildman–Crippen LogP) is 3.40.